The number of ketones is 1. The van der Waals surface area contributed by atoms with E-state index in [-0.39, 0.29) is 35.5 Å². The molecule has 2 bridgehead atoms. The van der Waals surface area contributed by atoms with Crippen LogP contribution >= 0.6 is 0 Å². The number of methoxy groups -OCH3 is 2. The SMILES string of the molecule is C=CCNc1c(O)cc2c(O)c1C[C@@H](C)C[C@H](OC)[C@H](O)[C@@H](C)/C=C(\C)[C@H](OC(C)=O)[C@@H](OC)CC/C=C(\C)C(=O)C2. The number of aliphatic hydroxyl groups excluding tert-OH is 1. The number of rotatable bonds is 6. The van der Waals surface area contributed by atoms with Gasteiger partial charge < -0.3 is 34.8 Å². The maximum Gasteiger partial charge on any atom is 0.303 e. The average molecular weight is 588 g/mol. The lowest BCUT2D eigenvalue weighted by molar-refractivity contribution is -0.150. The summed E-state index contributed by atoms with van der Waals surface area (Å²) in [5.74, 6) is -1.17. The van der Waals surface area contributed by atoms with Crippen LogP contribution in [-0.4, -0.2) is 72.3 Å². The highest BCUT2D eigenvalue weighted by molar-refractivity contribution is 5.96. The number of hydrogen-bond donors (Lipinski definition) is 4. The Bertz CT molecular complexity index is 1160. The van der Waals surface area contributed by atoms with Crippen molar-refractivity contribution >= 4 is 17.4 Å². The van der Waals surface area contributed by atoms with Gasteiger partial charge in [0, 0.05) is 51.2 Å². The Morgan fingerprint density at radius 1 is 1.17 bits per heavy atom. The van der Waals surface area contributed by atoms with Gasteiger partial charge in [0.1, 0.15) is 17.6 Å². The minimum atomic E-state index is -0.872. The van der Waals surface area contributed by atoms with Crippen LogP contribution in [0.15, 0.2) is 42.0 Å². The number of Topliss-reactive ketones (excluding diaryl/α,β-unsaturated/α-hetero) is 1. The first-order valence-corrected chi connectivity index (χ1v) is 14.5. The summed E-state index contributed by atoms with van der Waals surface area (Å²) < 4.78 is 17.1. The van der Waals surface area contributed by atoms with E-state index in [1.54, 1.807) is 27.2 Å². The fourth-order valence-corrected chi connectivity index (χ4v) is 5.55. The summed E-state index contributed by atoms with van der Waals surface area (Å²) in [6, 6.07) is 1.42. The number of esters is 1. The smallest absolute Gasteiger partial charge is 0.303 e. The van der Waals surface area contributed by atoms with Crippen LogP contribution in [0.25, 0.3) is 0 Å². The highest BCUT2D eigenvalue weighted by Crippen LogP contribution is 2.40. The monoisotopic (exact) mass is 587 g/mol. The van der Waals surface area contributed by atoms with Gasteiger partial charge in [-0.15, -0.1) is 6.58 Å². The fraction of sp³-hybridized carbons (Fsp3) is 0.576. The fourth-order valence-electron chi connectivity index (χ4n) is 5.55. The molecule has 1 aliphatic carbocycles. The number of aliphatic hydroxyl groups is 1. The zero-order valence-corrected chi connectivity index (χ0v) is 26.1. The first-order chi connectivity index (χ1) is 19.8. The van der Waals surface area contributed by atoms with Crippen LogP contribution in [0, 0.1) is 11.8 Å². The predicted molar refractivity (Wildman–Crippen MR) is 164 cm³/mol. The van der Waals surface area contributed by atoms with E-state index >= 15 is 0 Å². The molecule has 1 aromatic rings. The van der Waals surface area contributed by atoms with Crippen LogP contribution in [0.2, 0.25) is 0 Å². The maximum absolute atomic E-state index is 13.2. The zero-order valence-electron chi connectivity index (χ0n) is 26.1. The number of nitrogens with one attached hydrogen (secondary N) is 1. The number of phenols is 2. The van der Waals surface area contributed by atoms with Gasteiger partial charge in [0.15, 0.2) is 5.78 Å². The van der Waals surface area contributed by atoms with E-state index in [0.29, 0.717) is 54.6 Å². The van der Waals surface area contributed by atoms with E-state index in [1.165, 1.54) is 13.0 Å². The molecule has 1 aromatic carbocycles. The quantitative estimate of drug-likeness (QED) is 0.157. The van der Waals surface area contributed by atoms with Crippen molar-refractivity contribution < 1.29 is 39.1 Å². The lowest BCUT2D eigenvalue weighted by atomic mass is 9.87. The topological polar surface area (TPSA) is 135 Å². The predicted octanol–water partition coefficient (Wildman–Crippen LogP) is 5.02. The third kappa shape index (κ3) is 9.44. The van der Waals surface area contributed by atoms with E-state index in [0.717, 1.165) is 5.57 Å². The molecule has 0 spiro atoms. The van der Waals surface area contributed by atoms with Crippen molar-refractivity contribution in [2.24, 2.45) is 11.8 Å². The van der Waals surface area contributed by atoms with Gasteiger partial charge in [-0.3, -0.25) is 9.59 Å². The third-order valence-electron chi connectivity index (χ3n) is 7.89. The summed E-state index contributed by atoms with van der Waals surface area (Å²) in [6.45, 7) is 12.9. The molecular formula is C33H49NO8. The second-order valence-electron chi connectivity index (χ2n) is 11.4. The number of ether oxygens (including phenoxy) is 3. The summed E-state index contributed by atoms with van der Waals surface area (Å²) in [6.07, 6.45) is 4.45. The number of carbonyl (C=O) groups is 2. The van der Waals surface area contributed by atoms with Crippen LogP contribution in [0.3, 0.4) is 0 Å². The first kappa shape index (κ1) is 35.1. The van der Waals surface area contributed by atoms with E-state index in [1.807, 2.05) is 32.9 Å². The number of anilines is 1. The molecule has 0 aromatic heterocycles. The van der Waals surface area contributed by atoms with E-state index in [9.17, 15) is 24.9 Å². The summed E-state index contributed by atoms with van der Waals surface area (Å²) in [5.41, 5.74) is 2.47. The molecule has 0 aliphatic heterocycles. The van der Waals surface area contributed by atoms with Crippen LogP contribution in [0.5, 0.6) is 11.5 Å². The van der Waals surface area contributed by atoms with Crippen molar-refractivity contribution in [3.8, 4) is 11.5 Å². The number of carbonyl (C=O) groups excluding carboxylic acids is 2. The Morgan fingerprint density at radius 3 is 2.43 bits per heavy atom. The van der Waals surface area contributed by atoms with Gasteiger partial charge in [0.2, 0.25) is 0 Å². The Kier molecular flexibility index (Phi) is 13.8. The van der Waals surface area contributed by atoms with Gasteiger partial charge in [-0.1, -0.05) is 32.1 Å². The van der Waals surface area contributed by atoms with E-state index in [2.05, 4.69) is 11.9 Å². The van der Waals surface area contributed by atoms with Gasteiger partial charge in [-0.2, -0.15) is 0 Å². The molecule has 0 saturated carbocycles. The molecule has 42 heavy (non-hydrogen) atoms. The summed E-state index contributed by atoms with van der Waals surface area (Å²) in [4.78, 5) is 25.2. The Morgan fingerprint density at radius 2 is 1.83 bits per heavy atom. The van der Waals surface area contributed by atoms with Gasteiger partial charge in [-0.05, 0) is 62.7 Å². The van der Waals surface area contributed by atoms with Crippen molar-refractivity contribution in [2.45, 2.75) is 91.1 Å². The molecule has 9 heteroatoms. The molecule has 0 saturated heterocycles. The number of aromatic hydroxyl groups is 2. The van der Waals surface area contributed by atoms with E-state index in [4.69, 9.17) is 14.2 Å². The lowest BCUT2D eigenvalue weighted by Crippen LogP contribution is -2.36. The second kappa shape index (κ2) is 16.5. The van der Waals surface area contributed by atoms with Crippen LogP contribution in [-0.2, 0) is 36.6 Å². The van der Waals surface area contributed by atoms with Gasteiger partial charge >= 0.3 is 5.97 Å². The third-order valence-corrected chi connectivity index (χ3v) is 7.89. The first-order valence-electron chi connectivity index (χ1n) is 14.5. The van der Waals surface area contributed by atoms with Gasteiger partial charge in [-0.25, -0.2) is 0 Å². The minimum absolute atomic E-state index is 0.0459. The molecule has 9 nitrogen and oxygen atoms in total. The molecule has 234 valence electrons. The molecule has 0 unspecified atom stereocenters. The second-order valence-corrected chi connectivity index (χ2v) is 11.4. The molecule has 4 N–H and O–H groups in total. The average Bonchev–Trinajstić information content (AvgIpc) is 2.94. The van der Waals surface area contributed by atoms with Crippen LogP contribution < -0.4 is 5.32 Å². The van der Waals surface area contributed by atoms with Crippen LogP contribution in [0.4, 0.5) is 5.69 Å². The van der Waals surface area contributed by atoms with Crippen molar-refractivity contribution in [3.05, 3.63) is 53.1 Å². The largest absolute Gasteiger partial charge is 0.507 e. The Hall–Kier alpha value is -3.14. The minimum Gasteiger partial charge on any atom is -0.507 e. The molecule has 0 heterocycles. The van der Waals surface area contributed by atoms with Crippen LogP contribution in [0.1, 0.15) is 65.0 Å². The number of benzene rings is 1. The summed E-state index contributed by atoms with van der Waals surface area (Å²) in [7, 11) is 3.09. The standard InChI is InChI=1S/C33H49NO8/c1-9-13-34-30-25-14-19(2)15-29(41-8)31(38)21(4)16-22(5)33(42-23(6)35)28(40-7)12-10-11-20(3)26(36)17-24(32(25)39)18-27(30)37/h9,11,16,18-19,21,28-29,31,33-34,37-39H,1,10,12-15,17H2,2-8H3/b20-11+,22-16+/t19-,21+,28+,29+,31-,33+/m1/s1. The zero-order chi connectivity index (χ0) is 31.6. The number of fused-ring (bicyclic) bond motifs is 2. The summed E-state index contributed by atoms with van der Waals surface area (Å²) in [5, 5.41) is 36.6. The molecule has 0 fully saturated rings. The molecule has 6 atom stereocenters. The highest BCUT2D eigenvalue weighted by Gasteiger charge is 2.30. The van der Waals surface area contributed by atoms with E-state index < -0.39 is 30.4 Å². The molecule has 0 amide bonds. The highest BCUT2D eigenvalue weighted by atomic mass is 16.6. The van der Waals surface area contributed by atoms with Crippen molar-refractivity contribution in [1.29, 1.82) is 0 Å². The number of phenolic OH excluding ortho intramolecular Hbond substituents is 2. The normalized spacial score (nSPS) is 29.1. The van der Waals surface area contributed by atoms with Crippen molar-refractivity contribution in [3.63, 3.8) is 0 Å². The molecule has 1 aliphatic rings. The van der Waals surface area contributed by atoms with Crippen molar-refractivity contribution in [2.75, 3.05) is 26.1 Å². The molecular weight excluding hydrogens is 538 g/mol. The number of allylic oxidation sites excluding steroid dienone is 2. The maximum atomic E-state index is 13.2. The Labute approximate surface area is 250 Å². The molecule has 2 rings (SSSR count). The number of hydrogen-bond acceptors (Lipinski definition) is 9. The Balaban J connectivity index is 2.61. The van der Waals surface area contributed by atoms with Crippen molar-refractivity contribution in [1.82, 2.24) is 0 Å². The van der Waals surface area contributed by atoms with Gasteiger partial charge in [0.25, 0.3) is 0 Å². The summed E-state index contributed by atoms with van der Waals surface area (Å²) >= 11 is 0. The molecule has 0 radical (unpaired) electrons. The lowest BCUT2D eigenvalue weighted by Gasteiger charge is -2.30. The van der Waals surface area contributed by atoms with Gasteiger partial charge in [0.05, 0.1) is 24.0 Å².